The maximum atomic E-state index is 11.9. The molecule has 2 heterocycles. The van der Waals surface area contributed by atoms with Gasteiger partial charge in [-0.15, -0.1) is 32.9 Å². The molecule has 0 saturated carbocycles. The van der Waals surface area contributed by atoms with E-state index in [0.29, 0.717) is 12.1 Å². The van der Waals surface area contributed by atoms with Gasteiger partial charge in [0, 0.05) is 17.8 Å². The zero-order valence-corrected chi connectivity index (χ0v) is 13.2. The van der Waals surface area contributed by atoms with Crippen LogP contribution in [-0.4, -0.2) is 22.6 Å². The molecule has 7 heteroatoms. The van der Waals surface area contributed by atoms with E-state index < -0.39 is 0 Å². The van der Waals surface area contributed by atoms with Crippen LogP contribution >= 0.6 is 38.6 Å². The van der Waals surface area contributed by atoms with Crippen molar-refractivity contribution < 1.29 is 4.79 Å². The largest absolute Gasteiger partial charge is 0.352 e. The number of aromatic nitrogens is 2. The molecule has 0 aliphatic carbocycles. The fourth-order valence-electron chi connectivity index (χ4n) is 1.46. The number of hydrogen-bond donors (Lipinski definition) is 1. The smallest absolute Gasteiger partial charge is 0.253 e. The van der Waals surface area contributed by atoms with Gasteiger partial charge in [-0.3, -0.25) is 4.79 Å². The third-order valence-corrected chi connectivity index (χ3v) is 4.90. The normalized spacial score (nSPS) is 10.6. The molecule has 0 spiro atoms. The van der Waals surface area contributed by atoms with Gasteiger partial charge in [0.15, 0.2) is 0 Å². The van der Waals surface area contributed by atoms with Crippen LogP contribution in [0.5, 0.6) is 0 Å². The van der Waals surface area contributed by atoms with Crippen molar-refractivity contribution in [3.63, 3.8) is 0 Å². The highest BCUT2D eigenvalue weighted by Gasteiger charge is 2.12. The lowest BCUT2D eigenvalue weighted by Crippen LogP contribution is -2.25. The van der Waals surface area contributed by atoms with Crippen molar-refractivity contribution in [2.45, 2.75) is 20.3 Å². The first kappa shape index (κ1) is 13.6. The zero-order chi connectivity index (χ0) is 13.1. The Morgan fingerprint density at radius 1 is 1.39 bits per heavy atom. The van der Waals surface area contributed by atoms with Crippen molar-refractivity contribution in [3.8, 4) is 0 Å². The van der Waals surface area contributed by atoms with E-state index in [1.54, 1.807) is 22.7 Å². The molecule has 1 amide bonds. The van der Waals surface area contributed by atoms with Crippen molar-refractivity contribution in [2.75, 3.05) is 6.54 Å². The van der Waals surface area contributed by atoms with Gasteiger partial charge in [-0.2, -0.15) is 0 Å². The van der Waals surface area contributed by atoms with Crippen LogP contribution in [0.15, 0.2) is 9.85 Å². The number of amides is 1. The number of thiophene rings is 1. The lowest BCUT2D eigenvalue weighted by molar-refractivity contribution is 0.0954. The monoisotopic (exact) mass is 345 g/mol. The Kier molecular flexibility index (Phi) is 4.47. The SMILES string of the molecule is Cc1cc(C(=O)NCCc2nnc(C)s2)c(Br)s1. The summed E-state index contributed by atoms with van der Waals surface area (Å²) in [6.07, 6.45) is 0.720. The minimum absolute atomic E-state index is 0.0486. The minimum atomic E-state index is -0.0486. The van der Waals surface area contributed by atoms with E-state index >= 15 is 0 Å². The molecule has 1 N–H and O–H groups in total. The fraction of sp³-hybridized carbons (Fsp3) is 0.364. The van der Waals surface area contributed by atoms with Gasteiger partial charge in [0.25, 0.3) is 5.91 Å². The standard InChI is InChI=1S/C11H12BrN3OS2/c1-6-5-8(10(12)17-6)11(16)13-4-3-9-15-14-7(2)18-9/h5H,3-4H2,1-2H3,(H,13,16). The lowest BCUT2D eigenvalue weighted by atomic mass is 10.3. The Bertz CT molecular complexity index is 564. The van der Waals surface area contributed by atoms with Gasteiger partial charge in [-0.05, 0) is 35.8 Å². The van der Waals surface area contributed by atoms with Crippen LogP contribution in [0.3, 0.4) is 0 Å². The van der Waals surface area contributed by atoms with Crippen molar-refractivity contribution in [2.24, 2.45) is 0 Å². The highest BCUT2D eigenvalue weighted by molar-refractivity contribution is 9.11. The lowest BCUT2D eigenvalue weighted by Gasteiger charge is -2.02. The van der Waals surface area contributed by atoms with E-state index in [9.17, 15) is 4.79 Å². The van der Waals surface area contributed by atoms with Crippen LogP contribution in [0, 0.1) is 13.8 Å². The number of halogens is 1. The fourth-order valence-corrected chi connectivity index (χ4v) is 3.95. The van der Waals surface area contributed by atoms with Crippen LogP contribution in [0.1, 0.15) is 25.3 Å². The average molecular weight is 346 g/mol. The van der Waals surface area contributed by atoms with Gasteiger partial charge in [-0.1, -0.05) is 0 Å². The third-order valence-electron chi connectivity index (χ3n) is 2.25. The molecule has 0 bridgehead atoms. The first-order chi connectivity index (χ1) is 8.56. The van der Waals surface area contributed by atoms with E-state index in [4.69, 9.17) is 0 Å². The first-order valence-corrected chi connectivity index (χ1v) is 7.82. The quantitative estimate of drug-likeness (QED) is 0.926. The van der Waals surface area contributed by atoms with Gasteiger partial charge >= 0.3 is 0 Å². The van der Waals surface area contributed by atoms with Crippen LogP contribution in [0.4, 0.5) is 0 Å². The number of carbonyl (C=O) groups excluding carboxylic acids is 1. The Morgan fingerprint density at radius 3 is 2.72 bits per heavy atom. The second-order valence-electron chi connectivity index (χ2n) is 3.77. The van der Waals surface area contributed by atoms with Crippen molar-refractivity contribution in [1.29, 1.82) is 0 Å². The van der Waals surface area contributed by atoms with Gasteiger partial charge in [0.1, 0.15) is 10.0 Å². The molecule has 2 aromatic rings. The molecule has 2 rings (SSSR count). The number of aryl methyl sites for hydroxylation is 2. The van der Waals surface area contributed by atoms with E-state index in [-0.39, 0.29) is 5.91 Å². The van der Waals surface area contributed by atoms with Crippen LogP contribution in [-0.2, 0) is 6.42 Å². The summed E-state index contributed by atoms with van der Waals surface area (Å²) in [5.74, 6) is -0.0486. The molecule has 0 saturated heterocycles. The maximum Gasteiger partial charge on any atom is 0.253 e. The summed E-state index contributed by atoms with van der Waals surface area (Å²) in [7, 11) is 0. The predicted molar refractivity (Wildman–Crippen MR) is 77.4 cm³/mol. The molecule has 0 atom stereocenters. The molecular weight excluding hydrogens is 334 g/mol. The molecule has 0 aliphatic heterocycles. The predicted octanol–water partition coefficient (Wildman–Crippen LogP) is 2.95. The summed E-state index contributed by atoms with van der Waals surface area (Å²) in [5, 5.41) is 12.7. The van der Waals surface area contributed by atoms with Crippen LogP contribution in [0.25, 0.3) is 0 Å². The molecule has 0 aliphatic rings. The zero-order valence-electron chi connectivity index (χ0n) is 9.99. The molecule has 4 nitrogen and oxygen atoms in total. The number of nitrogens with zero attached hydrogens (tertiary/aromatic N) is 2. The molecule has 0 aromatic carbocycles. The van der Waals surface area contributed by atoms with E-state index in [2.05, 4.69) is 31.4 Å². The summed E-state index contributed by atoms with van der Waals surface area (Å²) in [4.78, 5) is 13.0. The highest BCUT2D eigenvalue weighted by Crippen LogP contribution is 2.27. The summed E-state index contributed by atoms with van der Waals surface area (Å²) < 4.78 is 0.879. The van der Waals surface area contributed by atoms with Gasteiger partial charge in [0.2, 0.25) is 0 Å². The number of hydrogen-bond acceptors (Lipinski definition) is 5. The Balaban J connectivity index is 1.87. The Morgan fingerprint density at radius 2 is 2.17 bits per heavy atom. The van der Waals surface area contributed by atoms with Gasteiger partial charge in [0.05, 0.1) is 9.35 Å². The summed E-state index contributed by atoms with van der Waals surface area (Å²) >= 11 is 6.52. The van der Waals surface area contributed by atoms with Crippen LogP contribution < -0.4 is 5.32 Å². The number of nitrogens with one attached hydrogen (secondary N) is 1. The second kappa shape index (κ2) is 5.90. The summed E-state index contributed by atoms with van der Waals surface area (Å²) in [6.45, 7) is 4.48. The van der Waals surface area contributed by atoms with Crippen molar-refractivity contribution in [1.82, 2.24) is 15.5 Å². The third kappa shape index (κ3) is 3.37. The molecule has 2 aromatic heterocycles. The highest BCUT2D eigenvalue weighted by atomic mass is 79.9. The number of carbonyl (C=O) groups is 1. The Hall–Kier alpha value is -0.790. The Labute approximate surface area is 122 Å². The summed E-state index contributed by atoms with van der Waals surface area (Å²) in [5.41, 5.74) is 0.700. The second-order valence-corrected chi connectivity index (χ2v) is 7.61. The molecule has 0 unspecified atom stereocenters. The van der Waals surface area contributed by atoms with E-state index in [0.717, 1.165) is 25.1 Å². The van der Waals surface area contributed by atoms with Gasteiger partial charge in [-0.25, -0.2) is 0 Å². The molecular formula is C11H12BrN3OS2. The molecule has 96 valence electrons. The molecule has 0 radical (unpaired) electrons. The first-order valence-electron chi connectivity index (χ1n) is 5.39. The molecule has 18 heavy (non-hydrogen) atoms. The van der Waals surface area contributed by atoms with E-state index in [1.807, 2.05) is 19.9 Å². The topological polar surface area (TPSA) is 54.9 Å². The van der Waals surface area contributed by atoms with E-state index in [1.165, 1.54) is 0 Å². The minimum Gasteiger partial charge on any atom is -0.352 e. The summed E-state index contributed by atoms with van der Waals surface area (Å²) in [6, 6.07) is 1.89. The van der Waals surface area contributed by atoms with Crippen molar-refractivity contribution in [3.05, 3.63) is 30.3 Å². The molecule has 0 fully saturated rings. The van der Waals surface area contributed by atoms with Crippen LogP contribution in [0.2, 0.25) is 0 Å². The maximum absolute atomic E-state index is 11.9. The van der Waals surface area contributed by atoms with Crippen molar-refractivity contribution >= 4 is 44.5 Å². The number of rotatable bonds is 4. The average Bonchev–Trinajstić information content (AvgIpc) is 2.85. The van der Waals surface area contributed by atoms with Gasteiger partial charge < -0.3 is 5.32 Å².